The van der Waals surface area contributed by atoms with Crippen LogP contribution in [-0.2, 0) is 6.42 Å². The number of rotatable bonds is 11. The summed E-state index contributed by atoms with van der Waals surface area (Å²) in [6.45, 7) is 3.20. The fraction of sp³-hybridized carbons (Fsp3) is 0.312. The van der Waals surface area contributed by atoms with Gasteiger partial charge in [-0.1, -0.05) is 50.1 Å². The van der Waals surface area contributed by atoms with Gasteiger partial charge >= 0.3 is 0 Å². The van der Waals surface area contributed by atoms with E-state index in [-0.39, 0.29) is 17.1 Å². The third-order valence-corrected chi connectivity index (χ3v) is 7.17. The first-order valence-electron chi connectivity index (χ1n) is 13.4. The Kier molecular flexibility index (Phi) is 7.87. The van der Waals surface area contributed by atoms with E-state index in [0.717, 1.165) is 36.1 Å². The van der Waals surface area contributed by atoms with Crippen molar-refractivity contribution >= 4 is 16.9 Å². The number of fused-ring (bicyclic) bond motifs is 2. The third kappa shape index (κ3) is 5.21. The van der Waals surface area contributed by atoms with Crippen molar-refractivity contribution in [2.75, 3.05) is 27.4 Å². The summed E-state index contributed by atoms with van der Waals surface area (Å²) in [7, 11) is 3.19. The van der Waals surface area contributed by atoms with E-state index in [4.69, 9.17) is 18.6 Å². The van der Waals surface area contributed by atoms with Crippen LogP contribution < -0.4 is 19.6 Å². The number of carbonyl (C=O) groups excluding carboxylic acids is 1. The van der Waals surface area contributed by atoms with E-state index in [1.54, 1.807) is 43.4 Å². The number of para-hydroxylation sites is 1. The first-order valence-corrected chi connectivity index (χ1v) is 13.4. The molecular weight excluding hydrogens is 494 g/mol. The molecule has 1 aromatic heterocycles. The summed E-state index contributed by atoms with van der Waals surface area (Å²) in [6.07, 6.45) is 3.81. The van der Waals surface area contributed by atoms with Gasteiger partial charge in [-0.15, -0.1) is 0 Å². The van der Waals surface area contributed by atoms with E-state index in [1.165, 1.54) is 0 Å². The summed E-state index contributed by atoms with van der Waals surface area (Å²) < 4.78 is 22.7. The second-order valence-corrected chi connectivity index (χ2v) is 9.64. The zero-order chi connectivity index (χ0) is 27.4. The molecule has 0 aliphatic carbocycles. The third-order valence-electron chi connectivity index (χ3n) is 7.17. The smallest absolute Gasteiger partial charge is 0.290 e. The fourth-order valence-corrected chi connectivity index (χ4v) is 5.12. The van der Waals surface area contributed by atoms with Crippen molar-refractivity contribution in [1.82, 2.24) is 4.90 Å². The van der Waals surface area contributed by atoms with Crippen molar-refractivity contribution in [3.8, 4) is 17.2 Å². The Morgan fingerprint density at radius 1 is 0.897 bits per heavy atom. The molecule has 1 aliphatic heterocycles. The summed E-state index contributed by atoms with van der Waals surface area (Å²) in [4.78, 5) is 29.1. The molecule has 2 heterocycles. The number of unbranched alkanes of at least 4 members (excludes halogenated alkanes) is 2. The molecule has 1 amide bonds. The van der Waals surface area contributed by atoms with Crippen molar-refractivity contribution in [3.05, 3.63) is 99.4 Å². The van der Waals surface area contributed by atoms with E-state index in [1.807, 2.05) is 42.5 Å². The molecule has 0 spiro atoms. The number of benzene rings is 3. The van der Waals surface area contributed by atoms with E-state index < -0.39 is 6.04 Å². The Labute approximate surface area is 227 Å². The highest BCUT2D eigenvalue weighted by molar-refractivity contribution is 5.99. The maximum Gasteiger partial charge on any atom is 0.290 e. The predicted molar refractivity (Wildman–Crippen MR) is 150 cm³/mol. The molecule has 7 heteroatoms. The Morgan fingerprint density at radius 2 is 1.67 bits per heavy atom. The second-order valence-electron chi connectivity index (χ2n) is 9.64. The van der Waals surface area contributed by atoms with Crippen molar-refractivity contribution in [2.24, 2.45) is 0 Å². The van der Waals surface area contributed by atoms with Gasteiger partial charge in [0.1, 0.15) is 11.3 Å². The van der Waals surface area contributed by atoms with Crippen molar-refractivity contribution in [3.63, 3.8) is 0 Å². The van der Waals surface area contributed by atoms with Gasteiger partial charge in [0.25, 0.3) is 5.91 Å². The first kappa shape index (κ1) is 26.4. The van der Waals surface area contributed by atoms with Crippen LogP contribution in [0.1, 0.15) is 59.5 Å². The van der Waals surface area contributed by atoms with Crippen LogP contribution in [0.5, 0.6) is 17.2 Å². The highest BCUT2D eigenvalue weighted by Crippen LogP contribution is 2.39. The summed E-state index contributed by atoms with van der Waals surface area (Å²) in [5.74, 6) is 1.85. The highest BCUT2D eigenvalue weighted by Gasteiger charge is 2.42. The van der Waals surface area contributed by atoms with Crippen LogP contribution in [0.15, 0.2) is 75.9 Å². The predicted octanol–water partition coefficient (Wildman–Crippen LogP) is 6.17. The quantitative estimate of drug-likeness (QED) is 0.217. The monoisotopic (exact) mass is 527 g/mol. The molecule has 1 aliphatic rings. The molecule has 4 aromatic rings. The van der Waals surface area contributed by atoms with Gasteiger partial charge in [0, 0.05) is 6.54 Å². The minimum absolute atomic E-state index is 0.107. The molecule has 1 atom stereocenters. The van der Waals surface area contributed by atoms with Gasteiger partial charge in [-0.25, -0.2) is 0 Å². The van der Waals surface area contributed by atoms with Crippen molar-refractivity contribution < 1.29 is 23.4 Å². The fourth-order valence-electron chi connectivity index (χ4n) is 5.12. The van der Waals surface area contributed by atoms with Crippen LogP contribution in [0.2, 0.25) is 0 Å². The van der Waals surface area contributed by atoms with Crippen LogP contribution in [0.3, 0.4) is 0 Å². The van der Waals surface area contributed by atoms with Crippen molar-refractivity contribution in [2.45, 2.75) is 38.6 Å². The number of hydrogen-bond donors (Lipinski definition) is 0. The summed E-state index contributed by atoms with van der Waals surface area (Å²) in [5, 5.41) is 0.465. The number of carbonyl (C=O) groups is 1. The van der Waals surface area contributed by atoms with Crippen molar-refractivity contribution in [1.29, 1.82) is 0 Å². The molecular formula is C32H33NO6. The van der Waals surface area contributed by atoms with E-state index >= 15 is 0 Å². The largest absolute Gasteiger partial charge is 0.494 e. The zero-order valence-electron chi connectivity index (χ0n) is 22.6. The lowest BCUT2D eigenvalue weighted by Crippen LogP contribution is -2.31. The minimum Gasteiger partial charge on any atom is -0.494 e. The molecule has 1 unspecified atom stereocenters. The van der Waals surface area contributed by atoms with Gasteiger partial charge in [0.15, 0.2) is 16.9 Å². The topological polar surface area (TPSA) is 78.2 Å². The average Bonchev–Trinajstić information content (AvgIpc) is 3.25. The Hall–Kier alpha value is -4.26. The van der Waals surface area contributed by atoms with Crippen LogP contribution in [0.25, 0.3) is 11.0 Å². The highest BCUT2D eigenvalue weighted by atomic mass is 16.5. The van der Waals surface area contributed by atoms with Crippen LogP contribution in [0, 0.1) is 0 Å². The SMILES string of the molecule is CCCCCOc1ccc(C2c3c(oc4ccccc4c3=O)C(=O)N2CCc2ccc(OC)c(OC)c2)cc1. The van der Waals surface area contributed by atoms with Gasteiger partial charge < -0.3 is 23.5 Å². The zero-order valence-corrected chi connectivity index (χ0v) is 22.6. The maximum absolute atomic E-state index is 13.7. The normalized spacial score (nSPS) is 14.5. The van der Waals surface area contributed by atoms with E-state index in [9.17, 15) is 9.59 Å². The number of amides is 1. The van der Waals surface area contributed by atoms with Gasteiger partial charge in [-0.3, -0.25) is 9.59 Å². The lowest BCUT2D eigenvalue weighted by molar-refractivity contribution is 0.0730. The molecule has 0 bridgehead atoms. The summed E-state index contributed by atoms with van der Waals surface area (Å²) >= 11 is 0. The molecule has 0 N–H and O–H groups in total. The first-order chi connectivity index (χ1) is 19.0. The Bertz CT molecular complexity index is 1520. The molecule has 202 valence electrons. The molecule has 0 fully saturated rings. The lowest BCUT2D eigenvalue weighted by Gasteiger charge is -2.25. The average molecular weight is 528 g/mol. The second kappa shape index (κ2) is 11.6. The van der Waals surface area contributed by atoms with Gasteiger partial charge in [-0.05, 0) is 60.4 Å². The molecule has 39 heavy (non-hydrogen) atoms. The minimum atomic E-state index is -0.567. The van der Waals surface area contributed by atoms with Crippen LogP contribution in [-0.4, -0.2) is 38.2 Å². The Morgan fingerprint density at radius 3 is 2.41 bits per heavy atom. The molecule has 7 nitrogen and oxygen atoms in total. The maximum atomic E-state index is 13.7. The van der Waals surface area contributed by atoms with E-state index in [0.29, 0.717) is 47.6 Å². The van der Waals surface area contributed by atoms with Crippen LogP contribution in [0.4, 0.5) is 0 Å². The standard InChI is InChI=1S/C32H33NO6/c1-4-5-8-19-38-23-14-12-22(13-15-23)29-28-30(34)24-9-6-7-10-25(24)39-31(28)32(35)33(29)18-17-21-11-16-26(36-2)27(20-21)37-3/h6-7,9-16,20,29H,4-5,8,17-19H2,1-3H3. The lowest BCUT2D eigenvalue weighted by atomic mass is 9.98. The van der Waals surface area contributed by atoms with Crippen LogP contribution >= 0.6 is 0 Å². The number of nitrogens with zero attached hydrogens (tertiary/aromatic N) is 1. The molecule has 3 aromatic carbocycles. The summed E-state index contributed by atoms with van der Waals surface area (Å²) in [6, 6.07) is 19.9. The molecule has 0 saturated heterocycles. The van der Waals surface area contributed by atoms with E-state index in [2.05, 4.69) is 6.92 Å². The number of hydrogen-bond acceptors (Lipinski definition) is 6. The van der Waals surface area contributed by atoms with Gasteiger partial charge in [0.05, 0.1) is 37.8 Å². The molecule has 0 radical (unpaired) electrons. The van der Waals surface area contributed by atoms with Gasteiger partial charge in [0.2, 0.25) is 5.76 Å². The molecule has 0 saturated carbocycles. The number of ether oxygens (including phenoxy) is 3. The Balaban J connectivity index is 1.49. The number of methoxy groups -OCH3 is 2. The molecule has 5 rings (SSSR count). The van der Waals surface area contributed by atoms with Gasteiger partial charge in [-0.2, -0.15) is 0 Å². The summed E-state index contributed by atoms with van der Waals surface area (Å²) in [5.41, 5.74) is 2.42.